The number of anilines is 1. The molecule has 8 heteroatoms. The summed E-state index contributed by atoms with van der Waals surface area (Å²) in [5, 5.41) is 4.96. The molecular formula is C17H16ClN3O3S. The van der Waals surface area contributed by atoms with E-state index >= 15 is 0 Å². The summed E-state index contributed by atoms with van der Waals surface area (Å²) in [5.74, 6) is -0.362. The number of nitrogens with zero attached hydrogens (tertiary/aromatic N) is 2. The molecular weight excluding hydrogens is 362 g/mol. The minimum atomic E-state index is -0.473. The maximum atomic E-state index is 12.7. The third-order valence-corrected chi connectivity index (χ3v) is 4.82. The minimum Gasteiger partial charge on any atom is -0.324 e. The highest BCUT2D eigenvalue weighted by Crippen LogP contribution is 2.17. The SMILES string of the molecule is CCCn1c(=O)c2sccc2n(CC(=O)Nc2cccc(Cl)c2)c1=O. The molecule has 0 saturated heterocycles. The fourth-order valence-electron chi connectivity index (χ4n) is 2.62. The highest BCUT2D eigenvalue weighted by Gasteiger charge is 2.16. The van der Waals surface area contributed by atoms with Gasteiger partial charge in [-0.15, -0.1) is 11.3 Å². The highest BCUT2D eigenvalue weighted by atomic mass is 35.5. The van der Waals surface area contributed by atoms with E-state index in [-0.39, 0.29) is 18.0 Å². The fourth-order valence-corrected chi connectivity index (χ4v) is 3.65. The summed E-state index contributed by atoms with van der Waals surface area (Å²) in [6, 6.07) is 8.46. The van der Waals surface area contributed by atoms with Crippen LogP contribution < -0.4 is 16.6 Å². The standard InChI is InChI=1S/C17H16ClN3O3S/c1-2-7-20-16(23)15-13(6-8-25-15)21(17(20)24)10-14(22)19-12-5-3-4-11(18)9-12/h3-6,8-9H,2,7,10H2,1H3,(H,19,22). The third-order valence-electron chi connectivity index (χ3n) is 3.69. The van der Waals surface area contributed by atoms with Crippen LogP contribution in [0.2, 0.25) is 5.02 Å². The van der Waals surface area contributed by atoms with Crippen molar-refractivity contribution >= 4 is 44.7 Å². The summed E-state index contributed by atoms with van der Waals surface area (Å²) >= 11 is 7.17. The third kappa shape index (κ3) is 3.52. The van der Waals surface area contributed by atoms with Gasteiger partial charge in [0, 0.05) is 17.3 Å². The van der Waals surface area contributed by atoms with Crippen LogP contribution in [0.5, 0.6) is 0 Å². The molecule has 3 rings (SSSR count). The molecule has 0 spiro atoms. The van der Waals surface area contributed by atoms with Crippen molar-refractivity contribution in [3.05, 3.63) is 61.6 Å². The van der Waals surface area contributed by atoms with Gasteiger partial charge in [0.15, 0.2) is 0 Å². The largest absolute Gasteiger partial charge is 0.332 e. The van der Waals surface area contributed by atoms with Gasteiger partial charge in [0.1, 0.15) is 11.2 Å². The number of nitrogens with one attached hydrogen (secondary N) is 1. The van der Waals surface area contributed by atoms with Gasteiger partial charge >= 0.3 is 5.69 Å². The molecule has 2 aromatic heterocycles. The van der Waals surface area contributed by atoms with E-state index in [4.69, 9.17) is 11.6 Å². The van der Waals surface area contributed by atoms with Crippen LogP contribution in [0.15, 0.2) is 45.3 Å². The molecule has 0 aliphatic rings. The maximum absolute atomic E-state index is 12.7. The summed E-state index contributed by atoms with van der Waals surface area (Å²) in [4.78, 5) is 37.4. The van der Waals surface area contributed by atoms with E-state index in [9.17, 15) is 14.4 Å². The number of hydrogen-bond donors (Lipinski definition) is 1. The molecule has 6 nitrogen and oxygen atoms in total. The molecule has 0 bridgehead atoms. The smallest absolute Gasteiger partial charge is 0.324 e. The highest BCUT2D eigenvalue weighted by molar-refractivity contribution is 7.17. The average Bonchev–Trinajstić information content (AvgIpc) is 3.05. The van der Waals surface area contributed by atoms with Crippen LogP contribution in [-0.2, 0) is 17.9 Å². The van der Waals surface area contributed by atoms with Crippen LogP contribution in [0, 0.1) is 0 Å². The van der Waals surface area contributed by atoms with E-state index < -0.39 is 5.69 Å². The number of hydrogen-bond acceptors (Lipinski definition) is 4. The molecule has 1 amide bonds. The lowest BCUT2D eigenvalue weighted by Gasteiger charge is -2.12. The normalized spacial score (nSPS) is 11.0. The number of benzene rings is 1. The van der Waals surface area contributed by atoms with Gasteiger partial charge in [-0.1, -0.05) is 24.6 Å². The average molecular weight is 378 g/mol. The Hall–Kier alpha value is -2.38. The number of thiophene rings is 1. The van der Waals surface area contributed by atoms with Crippen molar-refractivity contribution in [2.75, 3.05) is 5.32 Å². The van der Waals surface area contributed by atoms with Gasteiger partial charge in [-0.25, -0.2) is 4.79 Å². The zero-order valence-corrected chi connectivity index (χ0v) is 15.1. The summed E-state index contributed by atoms with van der Waals surface area (Å²) in [5.41, 5.74) is 0.255. The topological polar surface area (TPSA) is 73.1 Å². The molecule has 0 aliphatic heterocycles. The van der Waals surface area contributed by atoms with Crippen LogP contribution in [0.25, 0.3) is 10.2 Å². The first-order valence-corrected chi connectivity index (χ1v) is 9.03. The first-order valence-electron chi connectivity index (χ1n) is 7.77. The predicted octanol–water partition coefficient (Wildman–Crippen LogP) is 2.93. The van der Waals surface area contributed by atoms with Crippen LogP contribution in [0.3, 0.4) is 0 Å². The lowest BCUT2D eigenvalue weighted by Crippen LogP contribution is -2.41. The van der Waals surface area contributed by atoms with E-state index in [1.807, 2.05) is 6.92 Å². The lowest BCUT2D eigenvalue weighted by atomic mass is 10.3. The van der Waals surface area contributed by atoms with Crippen molar-refractivity contribution in [1.29, 1.82) is 0 Å². The minimum absolute atomic E-state index is 0.178. The second-order valence-electron chi connectivity index (χ2n) is 5.52. The zero-order chi connectivity index (χ0) is 18.0. The predicted molar refractivity (Wildman–Crippen MR) is 101 cm³/mol. The Balaban J connectivity index is 1.98. The second kappa shape index (κ2) is 7.25. The Kier molecular flexibility index (Phi) is 5.06. The molecule has 0 aliphatic carbocycles. The zero-order valence-electron chi connectivity index (χ0n) is 13.5. The van der Waals surface area contributed by atoms with Crippen molar-refractivity contribution in [3.63, 3.8) is 0 Å². The van der Waals surface area contributed by atoms with E-state index in [0.717, 1.165) is 0 Å². The maximum Gasteiger partial charge on any atom is 0.332 e. The number of aromatic nitrogens is 2. The Morgan fingerprint density at radius 1 is 1.24 bits per heavy atom. The fraction of sp³-hybridized carbons (Fsp3) is 0.235. The lowest BCUT2D eigenvalue weighted by molar-refractivity contribution is -0.116. The molecule has 130 valence electrons. The Labute approximate surface area is 152 Å². The van der Waals surface area contributed by atoms with Gasteiger partial charge in [0.05, 0.1) is 5.52 Å². The number of rotatable bonds is 5. The quantitative estimate of drug-likeness (QED) is 0.743. The van der Waals surface area contributed by atoms with Gasteiger partial charge < -0.3 is 5.32 Å². The van der Waals surface area contributed by atoms with E-state index in [1.165, 1.54) is 20.5 Å². The molecule has 0 radical (unpaired) electrons. The van der Waals surface area contributed by atoms with E-state index in [0.29, 0.717) is 33.9 Å². The van der Waals surface area contributed by atoms with Gasteiger partial charge in [0.25, 0.3) is 5.56 Å². The molecule has 0 fully saturated rings. The van der Waals surface area contributed by atoms with Gasteiger partial charge in [-0.3, -0.25) is 18.7 Å². The molecule has 25 heavy (non-hydrogen) atoms. The van der Waals surface area contributed by atoms with E-state index in [2.05, 4.69) is 5.32 Å². The molecule has 0 saturated carbocycles. The Morgan fingerprint density at radius 3 is 2.76 bits per heavy atom. The van der Waals surface area contributed by atoms with Crippen molar-refractivity contribution < 1.29 is 4.79 Å². The number of carbonyl (C=O) groups excluding carboxylic acids is 1. The summed E-state index contributed by atoms with van der Waals surface area (Å²) in [6.45, 7) is 2.03. The first kappa shape index (κ1) is 17.4. The number of fused-ring (bicyclic) bond motifs is 1. The molecule has 1 aromatic carbocycles. The molecule has 3 aromatic rings. The molecule has 1 N–H and O–H groups in total. The number of amides is 1. The van der Waals surface area contributed by atoms with Crippen LogP contribution in [0.4, 0.5) is 5.69 Å². The monoisotopic (exact) mass is 377 g/mol. The number of carbonyl (C=O) groups is 1. The summed E-state index contributed by atoms with van der Waals surface area (Å²) < 4.78 is 3.00. The van der Waals surface area contributed by atoms with E-state index in [1.54, 1.807) is 35.7 Å². The molecule has 2 heterocycles. The van der Waals surface area contributed by atoms with Crippen molar-refractivity contribution in [2.24, 2.45) is 0 Å². The van der Waals surface area contributed by atoms with Gasteiger partial charge in [0.2, 0.25) is 5.91 Å². The van der Waals surface area contributed by atoms with Gasteiger partial charge in [-0.05, 0) is 36.1 Å². The Morgan fingerprint density at radius 2 is 2.04 bits per heavy atom. The van der Waals surface area contributed by atoms with Crippen molar-refractivity contribution in [2.45, 2.75) is 26.4 Å². The van der Waals surface area contributed by atoms with Crippen LogP contribution >= 0.6 is 22.9 Å². The second-order valence-corrected chi connectivity index (χ2v) is 6.87. The first-order chi connectivity index (χ1) is 12.0. The van der Waals surface area contributed by atoms with Crippen molar-refractivity contribution in [1.82, 2.24) is 9.13 Å². The summed E-state index contributed by atoms with van der Waals surface area (Å²) in [7, 11) is 0. The molecule has 0 atom stereocenters. The molecule has 0 unspecified atom stereocenters. The Bertz CT molecular complexity index is 1050. The summed E-state index contributed by atoms with van der Waals surface area (Å²) in [6.07, 6.45) is 0.654. The van der Waals surface area contributed by atoms with Crippen LogP contribution in [-0.4, -0.2) is 15.0 Å². The van der Waals surface area contributed by atoms with Gasteiger partial charge in [-0.2, -0.15) is 0 Å². The van der Waals surface area contributed by atoms with Crippen molar-refractivity contribution in [3.8, 4) is 0 Å². The van der Waals surface area contributed by atoms with Crippen LogP contribution in [0.1, 0.15) is 13.3 Å². The number of halogens is 1.